The maximum Gasteiger partial charge on any atom is 0.321 e. The van der Waals surface area contributed by atoms with Gasteiger partial charge in [0, 0.05) is 26.7 Å². The van der Waals surface area contributed by atoms with Gasteiger partial charge in [0.25, 0.3) is 0 Å². The Labute approximate surface area is 131 Å². The highest BCUT2D eigenvalue weighted by Gasteiger charge is 2.22. The molecular weight excluding hydrogens is 282 g/mol. The summed E-state index contributed by atoms with van der Waals surface area (Å²) in [5, 5.41) is 2.79. The number of benzene rings is 1. The van der Waals surface area contributed by atoms with Gasteiger partial charge in [-0.15, -0.1) is 0 Å². The summed E-state index contributed by atoms with van der Waals surface area (Å²) < 4.78 is 4.85. The zero-order valence-electron chi connectivity index (χ0n) is 13.2. The van der Waals surface area contributed by atoms with Crippen molar-refractivity contribution >= 4 is 23.4 Å². The van der Waals surface area contributed by atoms with Crippen LogP contribution in [0.25, 0.3) is 0 Å². The van der Waals surface area contributed by atoms with Gasteiger partial charge < -0.3 is 15.0 Å². The Balaban J connectivity index is 2.00. The summed E-state index contributed by atoms with van der Waals surface area (Å²) >= 11 is 0. The number of anilines is 2. The van der Waals surface area contributed by atoms with E-state index in [-0.39, 0.29) is 25.0 Å². The van der Waals surface area contributed by atoms with Crippen LogP contribution < -0.4 is 15.1 Å². The molecule has 0 saturated heterocycles. The standard InChI is InChI=1S/C16H23N3O3/c1-3-22-15(20)9-10-17-16(21)19-12-6-11-18(2)13-7-4-5-8-14(13)19/h4-5,7-8H,3,6,9-12H2,1-2H3,(H,17,21). The second-order valence-corrected chi connectivity index (χ2v) is 5.20. The van der Waals surface area contributed by atoms with Crippen molar-refractivity contribution in [2.75, 3.05) is 43.1 Å². The highest BCUT2D eigenvalue weighted by Crippen LogP contribution is 2.31. The van der Waals surface area contributed by atoms with E-state index < -0.39 is 0 Å². The first-order valence-electron chi connectivity index (χ1n) is 7.64. The maximum absolute atomic E-state index is 12.4. The SMILES string of the molecule is CCOC(=O)CCNC(=O)N1CCCN(C)c2ccccc21. The molecule has 22 heavy (non-hydrogen) atoms. The molecule has 0 aromatic heterocycles. The van der Waals surface area contributed by atoms with Gasteiger partial charge in [0.15, 0.2) is 0 Å². The summed E-state index contributed by atoms with van der Waals surface area (Å²) in [5.74, 6) is -0.293. The molecule has 0 aliphatic carbocycles. The molecule has 1 aromatic rings. The van der Waals surface area contributed by atoms with Gasteiger partial charge in [0.2, 0.25) is 0 Å². The van der Waals surface area contributed by atoms with Crippen LogP contribution in [0.1, 0.15) is 19.8 Å². The molecule has 0 bridgehead atoms. The fourth-order valence-corrected chi connectivity index (χ4v) is 2.53. The molecule has 6 heteroatoms. The molecule has 0 atom stereocenters. The summed E-state index contributed by atoms with van der Waals surface area (Å²) in [7, 11) is 2.03. The van der Waals surface area contributed by atoms with Crippen LogP contribution >= 0.6 is 0 Å². The monoisotopic (exact) mass is 305 g/mol. The Hall–Kier alpha value is -2.24. The number of esters is 1. The first-order chi connectivity index (χ1) is 10.6. The minimum Gasteiger partial charge on any atom is -0.466 e. The van der Waals surface area contributed by atoms with E-state index in [2.05, 4.69) is 10.2 Å². The van der Waals surface area contributed by atoms with E-state index in [4.69, 9.17) is 4.74 Å². The number of carbonyl (C=O) groups excluding carboxylic acids is 2. The third-order valence-corrected chi connectivity index (χ3v) is 3.61. The maximum atomic E-state index is 12.4. The van der Waals surface area contributed by atoms with Gasteiger partial charge in [-0.05, 0) is 25.5 Å². The molecule has 0 fully saturated rings. The van der Waals surface area contributed by atoms with Crippen LogP contribution in [0.15, 0.2) is 24.3 Å². The Morgan fingerprint density at radius 2 is 1.95 bits per heavy atom. The predicted octanol–water partition coefficient (Wildman–Crippen LogP) is 2.00. The molecule has 1 aromatic carbocycles. The number of urea groups is 1. The molecule has 6 nitrogen and oxygen atoms in total. The molecule has 0 spiro atoms. The Morgan fingerprint density at radius 3 is 2.68 bits per heavy atom. The summed E-state index contributed by atoms with van der Waals surface area (Å²) in [4.78, 5) is 27.6. The minimum atomic E-state index is -0.293. The van der Waals surface area contributed by atoms with Gasteiger partial charge in [0.05, 0.1) is 24.4 Å². The van der Waals surface area contributed by atoms with E-state index in [1.54, 1.807) is 11.8 Å². The normalized spacial score (nSPS) is 14.1. The first kappa shape index (κ1) is 16.1. The molecule has 0 radical (unpaired) electrons. The van der Waals surface area contributed by atoms with Gasteiger partial charge in [0.1, 0.15) is 0 Å². The van der Waals surface area contributed by atoms with E-state index in [0.29, 0.717) is 13.2 Å². The van der Waals surface area contributed by atoms with Crippen molar-refractivity contribution in [3.63, 3.8) is 0 Å². The van der Waals surface area contributed by atoms with E-state index in [1.807, 2.05) is 31.3 Å². The predicted molar refractivity (Wildman–Crippen MR) is 86.3 cm³/mol. The quantitative estimate of drug-likeness (QED) is 0.864. The number of carbonyl (C=O) groups is 2. The Morgan fingerprint density at radius 1 is 1.23 bits per heavy atom. The molecule has 1 heterocycles. The smallest absolute Gasteiger partial charge is 0.321 e. The fourth-order valence-electron chi connectivity index (χ4n) is 2.53. The van der Waals surface area contributed by atoms with Crippen molar-refractivity contribution < 1.29 is 14.3 Å². The minimum absolute atomic E-state index is 0.174. The lowest BCUT2D eigenvalue weighted by atomic mass is 10.2. The number of fused-ring (bicyclic) bond motifs is 1. The molecule has 2 amide bonds. The number of rotatable bonds is 4. The van der Waals surface area contributed by atoms with Crippen molar-refractivity contribution in [1.29, 1.82) is 0 Å². The highest BCUT2D eigenvalue weighted by molar-refractivity contribution is 5.96. The van der Waals surface area contributed by atoms with E-state index in [1.165, 1.54) is 0 Å². The largest absolute Gasteiger partial charge is 0.466 e. The van der Waals surface area contributed by atoms with Crippen molar-refractivity contribution in [3.8, 4) is 0 Å². The molecule has 120 valence electrons. The lowest BCUT2D eigenvalue weighted by molar-refractivity contribution is -0.142. The van der Waals surface area contributed by atoms with Crippen LogP contribution in [0.5, 0.6) is 0 Å². The molecule has 1 N–H and O–H groups in total. The van der Waals surface area contributed by atoms with Gasteiger partial charge >= 0.3 is 12.0 Å². The molecule has 0 saturated carbocycles. The average molecular weight is 305 g/mol. The number of para-hydroxylation sites is 2. The summed E-state index contributed by atoms with van der Waals surface area (Å²) in [6.45, 7) is 3.97. The molecule has 0 unspecified atom stereocenters. The third-order valence-electron chi connectivity index (χ3n) is 3.61. The summed E-state index contributed by atoms with van der Waals surface area (Å²) in [6, 6.07) is 7.68. The number of hydrogen-bond acceptors (Lipinski definition) is 4. The lowest BCUT2D eigenvalue weighted by Gasteiger charge is -2.24. The second-order valence-electron chi connectivity index (χ2n) is 5.20. The molecular formula is C16H23N3O3. The summed E-state index contributed by atoms with van der Waals surface area (Å²) in [6.07, 6.45) is 1.09. The average Bonchev–Trinajstić information content (AvgIpc) is 2.67. The van der Waals surface area contributed by atoms with Crippen molar-refractivity contribution in [3.05, 3.63) is 24.3 Å². The third kappa shape index (κ3) is 3.90. The zero-order valence-corrected chi connectivity index (χ0v) is 13.2. The van der Waals surface area contributed by atoms with Crippen LogP contribution in [0.3, 0.4) is 0 Å². The topological polar surface area (TPSA) is 61.9 Å². The van der Waals surface area contributed by atoms with Crippen molar-refractivity contribution in [2.45, 2.75) is 19.8 Å². The van der Waals surface area contributed by atoms with Crippen molar-refractivity contribution in [1.82, 2.24) is 5.32 Å². The second kappa shape index (κ2) is 7.68. The lowest BCUT2D eigenvalue weighted by Crippen LogP contribution is -2.41. The van der Waals surface area contributed by atoms with Crippen LogP contribution in [-0.4, -0.2) is 45.3 Å². The van der Waals surface area contributed by atoms with E-state index in [0.717, 1.165) is 24.3 Å². The summed E-state index contributed by atoms with van der Waals surface area (Å²) in [5.41, 5.74) is 1.94. The number of amides is 2. The Kier molecular flexibility index (Phi) is 5.63. The van der Waals surface area contributed by atoms with Crippen molar-refractivity contribution in [2.24, 2.45) is 0 Å². The van der Waals surface area contributed by atoms with Crippen LogP contribution in [-0.2, 0) is 9.53 Å². The van der Waals surface area contributed by atoms with Gasteiger partial charge in [-0.25, -0.2) is 4.79 Å². The highest BCUT2D eigenvalue weighted by atomic mass is 16.5. The van der Waals surface area contributed by atoms with Gasteiger partial charge in [-0.2, -0.15) is 0 Å². The fraction of sp³-hybridized carbons (Fsp3) is 0.500. The first-order valence-corrected chi connectivity index (χ1v) is 7.64. The number of nitrogens with zero attached hydrogens (tertiary/aromatic N) is 2. The number of ether oxygens (including phenoxy) is 1. The van der Waals surface area contributed by atoms with Crippen LogP contribution in [0.2, 0.25) is 0 Å². The van der Waals surface area contributed by atoms with Gasteiger partial charge in [-0.3, -0.25) is 9.69 Å². The van der Waals surface area contributed by atoms with Crippen LogP contribution in [0.4, 0.5) is 16.2 Å². The van der Waals surface area contributed by atoms with E-state index in [9.17, 15) is 9.59 Å². The molecule has 1 aliphatic rings. The van der Waals surface area contributed by atoms with Crippen LogP contribution in [0, 0.1) is 0 Å². The Bertz CT molecular complexity index is 533. The molecule has 1 aliphatic heterocycles. The zero-order chi connectivity index (χ0) is 15.9. The number of hydrogen-bond donors (Lipinski definition) is 1. The van der Waals surface area contributed by atoms with E-state index >= 15 is 0 Å². The molecule has 2 rings (SSSR count). The van der Waals surface area contributed by atoms with Gasteiger partial charge in [-0.1, -0.05) is 12.1 Å². The number of nitrogens with one attached hydrogen (secondary N) is 1.